The van der Waals surface area contributed by atoms with Gasteiger partial charge >= 0.3 is 0 Å². The minimum atomic E-state index is -0.0142. The maximum Gasteiger partial charge on any atom is 0.245 e. The Kier molecular flexibility index (Phi) is 5.53. The van der Waals surface area contributed by atoms with Gasteiger partial charge in [-0.25, -0.2) is 0 Å². The maximum absolute atomic E-state index is 12.0. The van der Waals surface area contributed by atoms with Gasteiger partial charge in [-0.3, -0.25) is 14.9 Å². The van der Waals surface area contributed by atoms with Crippen molar-refractivity contribution in [2.24, 2.45) is 5.41 Å². The monoisotopic (exact) mass is 488 g/mol. The first-order valence-corrected chi connectivity index (χ1v) is 12.6. The van der Waals surface area contributed by atoms with Crippen LogP contribution in [0.15, 0.2) is 67.5 Å². The number of nitriles is 1. The molecule has 2 aliphatic rings. The lowest BCUT2D eigenvalue weighted by Crippen LogP contribution is -2.59. The van der Waals surface area contributed by atoms with E-state index in [1.54, 1.807) is 0 Å². The van der Waals surface area contributed by atoms with Gasteiger partial charge < -0.3 is 9.80 Å². The number of hydrogen-bond acceptors (Lipinski definition) is 5. The summed E-state index contributed by atoms with van der Waals surface area (Å²) in [6.45, 7) is 8.79. The summed E-state index contributed by atoms with van der Waals surface area (Å²) in [5, 5.41) is 18.9. The van der Waals surface area contributed by atoms with E-state index in [0.717, 1.165) is 77.1 Å². The van der Waals surface area contributed by atoms with Gasteiger partial charge in [0.15, 0.2) is 0 Å². The number of aryl methyl sites for hydroxylation is 1. The van der Waals surface area contributed by atoms with Crippen LogP contribution in [-0.2, 0) is 11.2 Å². The summed E-state index contributed by atoms with van der Waals surface area (Å²) >= 11 is 0. The number of fused-ring (bicyclic) bond motifs is 1. The van der Waals surface area contributed by atoms with E-state index in [0.29, 0.717) is 12.0 Å². The fourth-order valence-electron chi connectivity index (χ4n) is 5.99. The average molecular weight is 489 g/mol. The molecular weight excluding hydrogens is 460 g/mol. The van der Waals surface area contributed by atoms with Crippen molar-refractivity contribution < 1.29 is 4.79 Å². The molecule has 0 aliphatic carbocycles. The summed E-state index contributed by atoms with van der Waals surface area (Å²) in [7, 11) is 0. The molecule has 0 bridgehead atoms. The fraction of sp³-hybridized carbons (Fsp3) is 0.267. The Morgan fingerprint density at radius 2 is 1.97 bits per heavy atom. The quantitative estimate of drug-likeness (QED) is 0.414. The number of aromatic nitrogens is 3. The van der Waals surface area contributed by atoms with Gasteiger partial charge in [-0.05, 0) is 42.2 Å². The largest absolute Gasteiger partial charge is 0.368 e. The molecule has 2 aliphatic heterocycles. The van der Waals surface area contributed by atoms with Gasteiger partial charge in [0.05, 0.1) is 34.9 Å². The molecule has 1 spiro atoms. The number of nitrogens with one attached hydrogen (secondary N) is 1. The standard InChI is InChI=1S/C30H28N6O/c1-3-27(37)36-18-30(19-36)11-12-35(17-30)26-16-32-25(13-21-7-5-4-6-8-21)29(22(26)14-31)28-20(2)9-10-24-23(28)15-33-34-24/h3-10,15-16H,1,11-13,17-19H2,2H3,(H,33,34). The SMILES string of the molecule is C=CC(=O)N1CC2(CCN(c3cnc(Cc4ccccc4)c(-c4c(C)ccc5[nH]ncc45)c3C#N)C2)C1. The number of aromatic amines is 1. The molecule has 2 fully saturated rings. The minimum absolute atomic E-state index is 0.0142. The van der Waals surface area contributed by atoms with Gasteiger partial charge in [-0.15, -0.1) is 0 Å². The number of amides is 1. The zero-order valence-corrected chi connectivity index (χ0v) is 20.9. The van der Waals surface area contributed by atoms with E-state index in [-0.39, 0.29) is 11.3 Å². The lowest BCUT2D eigenvalue weighted by Gasteiger charge is -2.47. The van der Waals surface area contributed by atoms with Crippen molar-refractivity contribution >= 4 is 22.5 Å². The zero-order valence-electron chi connectivity index (χ0n) is 20.9. The van der Waals surface area contributed by atoms with Crippen LogP contribution in [0.5, 0.6) is 0 Å². The van der Waals surface area contributed by atoms with Gasteiger partial charge in [-0.1, -0.05) is 43.0 Å². The van der Waals surface area contributed by atoms with Crippen LogP contribution in [0.25, 0.3) is 22.0 Å². The fourth-order valence-corrected chi connectivity index (χ4v) is 5.99. The number of benzene rings is 2. The number of pyridine rings is 1. The maximum atomic E-state index is 12.0. The predicted molar refractivity (Wildman–Crippen MR) is 144 cm³/mol. The van der Waals surface area contributed by atoms with Gasteiger partial charge in [0.2, 0.25) is 5.91 Å². The van der Waals surface area contributed by atoms with E-state index in [2.05, 4.69) is 52.9 Å². The molecule has 37 heavy (non-hydrogen) atoms. The van der Waals surface area contributed by atoms with Crippen LogP contribution >= 0.6 is 0 Å². The Labute approximate surface area is 216 Å². The number of H-pyrrole nitrogens is 1. The van der Waals surface area contributed by atoms with Crippen molar-refractivity contribution in [2.75, 3.05) is 31.1 Å². The molecule has 1 N–H and O–H groups in total. The van der Waals surface area contributed by atoms with Crippen LogP contribution in [0.3, 0.4) is 0 Å². The van der Waals surface area contributed by atoms with Gasteiger partial charge in [0.1, 0.15) is 6.07 Å². The molecule has 0 atom stereocenters. The number of hydrogen-bond donors (Lipinski definition) is 1. The number of likely N-dealkylation sites (tertiary alicyclic amines) is 1. The van der Waals surface area contributed by atoms with Crippen molar-refractivity contribution in [1.29, 1.82) is 5.26 Å². The number of nitrogens with zero attached hydrogens (tertiary/aromatic N) is 5. The topological polar surface area (TPSA) is 88.9 Å². The third-order valence-corrected chi connectivity index (χ3v) is 7.86. The summed E-state index contributed by atoms with van der Waals surface area (Å²) in [5.74, 6) is -0.0142. The van der Waals surface area contributed by atoms with Gasteiger partial charge in [0.25, 0.3) is 0 Å². The Balaban J connectivity index is 1.46. The van der Waals surface area contributed by atoms with Crippen LogP contribution in [0, 0.1) is 23.7 Å². The van der Waals surface area contributed by atoms with Crippen LogP contribution in [0.2, 0.25) is 0 Å². The highest BCUT2D eigenvalue weighted by molar-refractivity contribution is 5.99. The van der Waals surface area contributed by atoms with Gasteiger partial charge in [-0.2, -0.15) is 10.4 Å². The first-order valence-electron chi connectivity index (χ1n) is 12.6. The summed E-state index contributed by atoms with van der Waals surface area (Å²) in [5.41, 5.74) is 7.49. The van der Waals surface area contributed by atoms with Crippen molar-refractivity contribution in [3.05, 3.63) is 89.9 Å². The van der Waals surface area contributed by atoms with Gasteiger partial charge in [0, 0.05) is 49.0 Å². The molecule has 0 unspecified atom stereocenters. The summed E-state index contributed by atoms with van der Waals surface area (Å²) in [6.07, 6.45) is 6.70. The summed E-state index contributed by atoms with van der Waals surface area (Å²) in [6, 6.07) is 16.9. The first kappa shape index (κ1) is 23.0. The molecular formula is C30H28N6O. The molecule has 4 aromatic rings. The van der Waals surface area contributed by atoms with Crippen molar-refractivity contribution in [2.45, 2.75) is 19.8 Å². The van der Waals surface area contributed by atoms with Crippen LogP contribution in [-0.4, -0.2) is 52.2 Å². The minimum Gasteiger partial charge on any atom is -0.368 e. The zero-order chi connectivity index (χ0) is 25.6. The third kappa shape index (κ3) is 3.86. The molecule has 184 valence electrons. The highest BCUT2D eigenvalue weighted by Gasteiger charge is 2.49. The molecule has 2 aromatic heterocycles. The van der Waals surface area contributed by atoms with Crippen LogP contribution in [0.4, 0.5) is 5.69 Å². The molecule has 7 heteroatoms. The lowest BCUT2D eigenvalue weighted by molar-refractivity contribution is -0.136. The number of anilines is 1. The van der Waals surface area contributed by atoms with E-state index in [1.165, 1.54) is 6.08 Å². The molecule has 7 nitrogen and oxygen atoms in total. The second-order valence-corrected chi connectivity index (χ2v) is 10.3. The summed E-state index contributed by atoms with van der Waals surface area (Å²) in [4.78, 5) is 21.1. The van der Waals surface area contributed by atoms with Crippen LogP contribution < -0.4 is 4.90 Å². The van der Waals surface area contributed by atoms with E-state index < -0.39 is 0 Å². The number of carbonyl (C=O) groups excluding carboxylic acids is 1. The van der Waals surface area contributed by atoms with E-state index in [4.69, 9.17) is 4.98 Å². The van der Waals surface area contributed by atoms with E-state index in [9.17, 15) is 10.1 Å². The van der Waals surface area contributed by atoms with E-state index >= 15 is 0 Å². The number of rotatable bonds is 5. The molecule has 2 saturated heterocycles. The van der Waals surface area contributed by atoms with Crippen molar-refractivity contribution in [3.8, 4) is 17.2 Å². The Morgan fingerprint density at radius 1 is 1.16 bits per heavy atom. The molecule has 4 heterocycles. The smallest absolute Gasteiger partial charge is 0.245 e. The molecule has 6 rings (SSSR count). The second-order valence-electron chi connectivity index (χ2n) is 10.3. The Hall–Kier alpha value is -4.44. The van der Waals surface area contributed by atoms with Crippen LogP contribution in [0.1, 0.15) is 28.8 Å². The third-order valence-electron chi connectivity index (χ3n) is 7.86. The highest BCUT2D eigenvalue weighted by Crippen LogP contribution is 2.44. The lowest BCUT2D eigenvalue weighted by atomic mass is 9.79. The molecule has 0 radical (unpaired) electrons. The van der Waals surface area contributed by atoms with Crippen molar-refractivity contribution in [3.63, 3.8) is 0 Å². The average Bonchev–Trinajstić information content (AvgIpc) is 3.56. The number of carbonyl (C=O) groups is 1. The summed E-state index contributed by atoms with van der Waals surface area (Å²) < 4.78 is 0. The second kappa shape index (κ2) is 8.90. The van der Waals surface area contributed by atoms with Crippen molar-refractivity contribution in [1.82, 2.24) is 20.1 Å². The highest BCUT2D eigenvalue weighted by atomic mass is 16.2. The Bertz CT molecular complexity index is 1560. The molecule has 0 saturated carbocycles. The molecule has 1 amide bonds. The normalized spacial score (nSPS) is 16.1. The predicted octanol–water partition coefficient (Wildman–Crippen LogP) is 4.62. The molecule has 2 aromatic carbocycles. The first-order chi connectivity index (χ1) is 18.0. The van der Waals surface area contributed by atoms with E-state index in [1.807, 2.05) is 41.6 Å². The Morgan fingerprint density at radius 3 is 2.73 bits per heavy atom.